The highest BCUT2D eigenvalue weighted by molar-refractivity contribution is 7.14. The van der Waals surface area contributed by atoms with Crippen molar-refractivity contribution in [3.05, 3.63) is 59.0 Å². The monoisotopic (exact) mass is 465 g/mol. The van der Waals surface area contributed by atoms with Gasteiger partial charge in [-0.1, -0.05) is 18.2 Å². The summed E-state index contributed by atoms with van der Waals surface area (Å²) in [5.41, 5.74) is 0.770. The molecule has 0 saturated heterocycles. The fourth-order valence-corrected chi connectivity index (χ4v) is 3.88. The molecule has 0 saturated carbocycles. The number of hydrogen-bond acceptors (Lipinski definition) is 6. The molecule has 3 rings (SSSR count). The van der Waals surface area contributed by atoms with Gasteiger partial charge in [-0.15, -0.1) is 11.3 Å². The molecule has 2 aromatic carbocycles. The third kappa shape index (κ3) is 5.77. The molecule has 0 aliphatic rings. The topological polar surface area (TPSA) is 63.7 Å². The van der Waals surface area contributed by atoms with Crippen molar-refractivity contribution < 1.29 is 27.4 Å². The van der Waals surface area contributed by atoms with E-state index in [1.54, 1.807) is 44.8 Å². The van der Waals surface area contributed by atoms with Crippen molar-refractivity contribution in [1.29, 1.82) is 0 Å². The third-order valence-corrected chi connectivity index (χ3v) is 5.37. The van der Waals surface area contributed by atoms with Crippen molar-refractivity contribution in [3.8, 4) is 22.8 Å². The summed E-state index contributed by atoms with van der Waals surface area (Å²) in [7, 11) is 4.69. The van der Waals surface area contributed by atoms with Crippen LogP contribution in [0.2, 0.25) is 0 Å². The Morgan fingerprint density at radius 1 is 1.16 bits per heavy atom. The van der Waals surface area contributed by atoms with Crippen LogP contribution >= 0.6 is 11.3 Å². The van der Waals surface area contributed by atoms with Crippen molar-refractivity contribution in [2.45, 2.75) is 12.7 Å². The van der Waals surface area contributed by atoms with Crippen LogP contribution in [-0.4, -0.2) is 43.6 Å². The number of carbonyl (C=O) groups is 1. The number of likely N-dealkylation sites (N-methyl/N-ethyl adjacent to an activating group) is 1. The van der Waals surface area contributed by atoms with Gasteiger partial charge in [-0.05, 0) is 30.8 Å². The van der Waals surface area contributed by atoms with Gasteiger partial charge in [0.1, 0.15) is 11.5 Å². The number of nitrogens with zero attached hydrogens (tertiary/aromatic N) is 2. The van der Waals surface area contributed by atoms with Gasteiger partial charge in [0, 0.05) is 23.6 Å². The van der Waals surface area contributed by atoms with Gasteiger partial charge in [0.15, 0.2) is 5.13 Å². The number of hydrogen-bond donors (Lipinski definition) is 1. The fourth-order valence-electron chi connectivity index (χ4n) is 3.15. The average molecular weight is 465 g/mol. The van der Waals surface area contributed by atoms with Crippen molar-refractivity contribution in [1.82, 2.24) is 9.88 Å². The minimum atomic E-state index is -4.44. The maximum Gasteiger partial charge on any atom is 0.416 e. The SMILES string of the molecule is COc1ccc(-c2csc(NC(=O)CN(C)Cc3ccccc3C(F)(F)F)n2)c(OC)c1. The number of rotatable bonds is 8. The van der Waals surface area contributed by atoms with E-state index < -0.39 is 11.7 Å². The molecule has 6 nitrogen and oxygen atoms in total. The van der Waals surface area contributed by atoms with Gasteiger partial charge in [-0.25, -0.2) is 4.98 Å². The Hall–Kier alpha value is -3.11. The highest BCUT2D eigenvalue weighted by Gasteiger charge is 2.33. The van der Waals surface area contributed by atoms with E-state index in [1.807, 2.05) is 6.07 Å². The molecule has 0 fully saturated rings. The molecule has 3 aromatic rings. The molecule has 10 heteroatoms. The minimum absolute atomic E-state index is 0.0186. The normalized spacial score (nSPS) is 11.5. The Balaban J connectivity index is 1.64. The van der Waals surface area contributed by atoms with E-state index in [9.17, 15) is 18.0 Å². The summed E-state index contributed by atoms with van der Waals surface area (Å²) in [4.78, 5) is 18.3. The zero-order chi connectivity index (χ0) is 23.3. The average Bonchev–Trinajstić information content (AvgIpc) is 3.20. The molecule has 170 valence electrons. The Bertz CT molecular complexity index is 1090. The molecule has 1 amide bonds. The predicted octanol–water partition coefficient (Wildman–Crippen LogP) is 4.92. The largest absolute Gasteiger partial charge is 0.497 e. The van der Waals surface area contributed by atoms with Crippen LogP contribution in [0.4, 0.5) is 18.3 Å². The molecule has 0 aliphatic heterocycles. The lowest BCUT2D eigenvalue weighted by atomic mass is 10.1. The van der Waals surface area contributed by atoms with E-state index >= 15 is 0 Å². The van der Waals surface area contributed by atoms with Crippen molar-refractivity contribution in [2.24, 2.45) is 0 Å². The van der Waals surface area contributed by atoms with Gasteiger partial charge in [0.2, 0.25) is 5.91 Å². The van der Waals surface area contributed by atoms with E-state index in [0.717, 1.165) is 11.6 Å². The standard InChI is InChI=1S/C22H22F3N3O3S/c1-28(11-14-6-4-5-7-17(14)22(23,24)25)12-20(29)27-21-26-18(13-32-21)16-9-8-15(30-2)10-19(16)31-3/h4-10,13H,11-12H2,1-3H3,(H,26,27,29). The highest BCUT2D eigenvalue weighted by Crippen LogP contribution is 2.35. The third-order valence-electron chi connectivity index (χ3n) is 4.61. The van der Waals surface area contributed by atoms with Gasteiger partial charge in [-0.2, -0.15) is 13.2 Å². The first-order valence-corrected chi connectivity index (χ1v) is 10.4. The summed E-state index contributed by atoms with van der Waals surface area (Å²) in [5.74, 6) is 0.847. The summed E-state index contributed by atoms with van der Waals surface area (Å²) >= 11 is 1.24. The van der Waals surface area contributed by atoms with Gasteiger partial charge in [-0.3, -0.25) is 9.69 Å². The summed E-state index contributed by atoms with van der Waals surface area (Å²) in [6, 6.07) is 10.7. The first-order valence-electron chi connectivity index (χ1n) is 9.52. The number of thiazole rings is 1. The number of methoxy groups -OCH3 is 2. The molecular formula is C22H22F3N3O3S. The van der Waals surface area contributed by atoms with E-state index in [-0.39, 0.29) is 24.6 Å². The molecule has 1 heterocycles. The zero-order valence-corrected chi connectivity index (χ0v) is 18.5. The lowest BCUT2D eigenvalue weighted by molar-refractivity contribution is -0.138. The number of anilines is 1. The molecule has 0 unspecified atom stereocenters. The summed E-state index contributed by atoms with van der Waals surface area (Å²) < 4.78 is 50.1. The molecule has 0 radical (unpaired) electrons. The maximum atomic E-state index is 13.2. The molecule has 0 spiro atoms. The number of aromatic nitrogens is 1. The Morgan fingerprint density at radius 2 is 1.91 bits per heavy atom. The van der Waals surface area contributed by atoms with Crippen LogP contribution in [0.3, 0.4) is 0 Å². The molecule has 0 atom stereocenters. The van der Waals surface area contributed by atoms with Gasteiger partial charge >= 0.3 is 6.18 Å². The fraction of sp³-hybridized carbons (Fsp3) is 0.273. The van der Waals surface area contributed by atoms with Crippen molar-refractivity contribution in [3.63, 3.8) is 0 Å². The first kappa shape index (κ1) is 23.6. The van der Waals surface area contributed by atoms with Crippen LogP contribution in [0.15, 0.2) is 47.8 Å². The van der Waals surface area contributed by atoms with E-state index in [2.05, 4.69) is 10.3 Å². The lowest BCUT2D eigenvalue weighted by Gasteiger charge is -2.19. The number of amides is 1. The van der Waals surface area contributed by atoms with Crippen LogP contribution < -0.4 is 14.8 Å². The second-order valence-electron chi connectivity index (χ2n) is 6.98. The molecule has 1 N–H and O–H groups in total. The number of ether oxygens (including phenoxy) is 2. The smallest absolute Gasteiger partial charge is 0.416 e. The quantitative estimate of drug-likeness (QED) is 0.512. The van der Waals surface area contributed by atoms with Crippen LogP contribution in [0.25, 0.3) is 11.3 Å². The van der Waals surface area contributed by atoms with E-state index in [0.29, 0.717) is 22.3 Å². The minimum Gasteiger partial charge on any atom is -0.497 e. The number of alkyl halides is 3. The summed E-state index contributed by atoms with van der Waals surface area (Å²) in [6.45, 7) is -0.109. The Morgan fingerprint density at radius 3 is 2.59 bits per heavy atom. The highest BCUT2D eigenvalue weighted by atomic mass is 32.1. The van der Waals surface area contributed by atoms with Crippen LogP contribution in [0.1, 0.15) is 11.1 Å². The van der Waals surface area contributed by atoms with Crippen LogP contribution in [0.5, 0.6) is 11.5 Å². The van der Waals surface area contributed by atoms with Crippen LogP contribution in [0, 0.1) is 0 Å². The van der Waals surface area contributed by atoms with Crippen LogP contribution in [-0.2, 0) is 17.5 Å². The van der Waals surface area contributed by atoms with Gasteiger partial charge < -0.3 is 14.8 Å². The van der Waals surface area contributed by atoms with E-state index in [1.165, 1.54) is 28.4 Å². The first-order chi connectivity index (χ1) is 15.2. The maximum absolute atomic E-state index is 13.2. The molecule has 1 aromatic heterocycles. The van der Waals surface area contributed by atoms with Crippen molar-refractivity contribution in [2.75, 3.05) is 33.1 Å². The summed E-state index contributed by atoms with van der Waals surface area (Å²) in [5, 5.41) is 4.86. The number of benzene rings is 2. The number of nitrogens with one attached hydrogen (secondary N) is 1. The van der Waals surface area contributed by atoms with Gasteiger partial charge in [0.25, 0.3) is 0 Å². The molecular weight excluding hydrogens is 443 g/mol. The predicted molar refractivity (Wildman–Crippen MR) is 117 cm³/mol. The van der Waals surface area contributed by atoms with Gasteiger partial charge in [0.05, 0.1) is 32.0 Å². The second kappa shape index (κ2) is 10.0. The Labute approximate surface area is 187 Å². The molecule has 0 aliphatic carbocycles. The lowest BCUT2D eigenvalue weighted by Crippen LogP contribution is -2.30. The van der Waals surface area contributed by atoms with Crippen molar-refractivity contribution >= 4 is 22.4 Å². The summed E-state index contributed by atoms with van der Waals surface area (Å²) in [6.07, 6.45) is -4.44. The zero-order valence-electron chi connectivity index (χ0n) is 17.7. The number of carbonyl (C=O) groups excluding carboxylic acids is 1. The molecule has 32 heavy (non-hydrogen) atoms. The number of halogens is 3. The molecule has 0 bridgehead atoms. The Kier molecular flexibility index (Phi) is 7.37. The second-order valence-corrected chi connectivity index (χ2v) is 7.84. The van der Waals surface area contributed by atoms with E-state index in [4.69, 9.17) is 9.47 Å².